The summed E-state index contributed by atoms with van der Waals surface area (Å²) in [6.07, 6.45) is 2.15. The smallest absolute Gasteiger partial charge is 0.238 e. The maximum Gasteiger partial charge on any atom is 0.238 e. The van der Waals surface area contributed by atoms with Crippen LogP contribution in [0, 0.1) is 13.8 Å². The Labute approximate surface area is 126 Å². The Hall–Kier alpha value is -1.40. The minimum absolute atomic E-state index is 0.0396. The second-order valence-electron chi connectivity index (χ2n) is 5.86. The summed E-state index contributed by atoms with van der Waals surface area (Å²) in [5, 5.41) is 13.5. The van der Waals surface area contributed by atoms with Crippen LogP contribution >= 0.6 is 0 Å². The fourth-order valence-electron chi connectivity index (χ4n) is 2.90. The zero-order valence-corrected chi connectivity index (χ0v) is 13.5. The summed E-state index contributed by atoms with van der Waals surface area (Å²) in [5.74, 6) is 0.0396. The van der Waals surface area contributed by atoms with E-state index in [1.54, 1.807) is 0 Å². The van der Waals surface area contributed by atoms with Gasteiger partial charge in [-0.25, -0.2) is 0 Å². The first kappa shape index (κ1) is 16.0. The molecular weight excluding hydrogens is 266 g/mol. The average molecular weight is 293 g/mol. The number of nitrogens with zero attached hydrogens (tertiary/aromatic N) is 2. The van der Waals surface area contributed by atoms with Crippen molar-refractivity contribution < 1.29 is 4.79 Å². The number of aromatic amines is 1. The van der Waals surface area contributed by atoms with Crippen molar-refractivity contribution >= 4 is 11.6 Å². The number of carbonyl (C=O) groups excluding carboxylic acids is 1. The van der Waals surface area contributed by atoms with Crippen LogP contribution in [0.5, 0.6) is 0 Å². The summed E-state index contributed by atoms with van der Waals surface area (Å²) in [5.41, 5.74) is 2.55. The summed E-state index contributed by atoms with van der Waals surface area (Å²) < 4.78 is 0. The maximum atomic E-state index is 12.3. The predicted octanol–water partition coefficient (Wildman–Crippen LogP) is 1.43. The summed E-state index contributed by atoms with van der Waals surface area (Å²) in [6.45, 7) is 10.5. The lowest BCUT2D eigenvalue weighted by molar-refractivity contribution is -0.118. The highest BCUT2D eigenvalue weighted by Gasteiger charge is 2.27. The van der Waals surface area contributed by atoms with Crippen molar-refractivity contribution in [3.05, 3.63) is 11.4 Å². The fraction of sp³-hybridized carbons (Fsp3) is 0.733. The molecule has 1 amide bonds. The van der Waals surface area contributed by atoms with E-state index in [4.69, 9.17) is 0 Å². The number of aryl methyl sites for hydroxylation is 2. The Morgan fingerprint density at radius 3 is 2.71 bits per heavy atom. The number of aromatic nitrogens is 2. The maximum absolute atomic E-state index is 12.3. The predicted molar refractivity (Wildman–Crippen MR) is 84.4 cm³/mol. The van der Waals surface area contributed by atoms with Gasteiger partial charge in [-0.15, -0.1) is 0 Å². The highest BCUT2D eigenvalue weighted by molar-refractivity contribution is 5.93. The molecule has 6 heteroatoms. The molecule has 1 aliphatic rings. The number of amides is 1. The van der Waals surface area contributed by atoms with E-state index in [0.717, 1.165) is 43.0 Å². The zero-order valence-electron chi connectivity index (χ0n) is 13.5. The van der Waals surface area contributed by atoms with Gasteiger partial charge in [-0.1, -0.05) is 13.8 Å². The topological polar surface area (TPSA) is 73.0 Å². The normalized spacial score (nSPS) is 23.2. The largest absolute Gasteiger partial charge is 0.322 e. The van der Waals surface area contributed by atoms with Crippen molar-refractivity contribution in [2.45, 2.75) is 52.6 Å². The lowest BCUT2D eigenvalue weighted by atomic mass is 10.1. The van der Waals surface area contributed by atoms with Gasteiger partial charge in [0.2, 0.25) is 5.91 Å². The molecule has 21 heavy (non-hydrogen) atoms. The van der Waals surface area contributed by atoms with E-state index >= 15 is 0 Å². The second kappa shape index (κ2) is 7.04. The summed E-state index contributed by atoms with van der Waals surface area (Å²) in [6, 6.07) is 0.920. The molecule has 118 valence electrons. The lowest BCUT2D eigenvalue weighted by Crippen LogP contribution is -2.57. The Morgan fingerprint density at radius 2 is 2.14 bits per heavy atom. The number of hydrogen-bond donors (Lipinski definition) is 3. The van der Waals surface area contributed by atoms with Crippen molar-refractivity contribution in [2.24, 2.45) is 0 Å². The van der Waals surface area contributed by atoms with Crippen molar-refractivity contribution in [3.63, 3.8) is 0 Å². The molecule has 0 aromatic carbocycles. The standard InChI is InChI=1S/C15H27N5O/c1-5-12-8-20(13(6-2)7-16-12)9-14(21)17-15-10(3)18-19-11(15)4/h12-13,16H,5-9H2,1-4H3,(H,17,21)(H,18,19). The summed E-state index contributed by atoms with van der Waals surface area (Å²) >= 11 is 0. The number of H-pyrrole nitrogens is 1. The molecule has 1 saturated heterocycles. The summed E-state index contributed by atoms with van der Waals surface area (Å²) in [7, 11) is 0. The van der Waals surface area contributed by atoms with Crippen LogP contribution in [0.2, 0.25) is 0 Å². The van der Waals surface area contributed by atoms with Crippen LogP contribution in [0.25, 0.3) is 0 Å². The number of piperazine rings is 1. The van der Waals surface area contributed by atoms with E-state index in [2.05, 4.69) is 39.6 Å². The van der Waals surface area contributed by atoms with Crippen molar-refractivity contribution in [3.8, 4) is 0 Å². The molecule has 3 N–H and O–H groups in total. The van der Waals surface area contributed by atoms with Gasteiger partial charge in [-0.2, -0.15) is 5.10 Å². The molecule has 1 aromatic heterocycles. The fourth-order valence-corrected chi connectivity index (χ4v) is 2.90. The van der Waals surface area contributed by atoms with Gasteiger partial charge < -0.3 is 10.6 Å². The van der Waals surface area contributed by atoms with Crippen LogP contribution in [-0.2, 0) is 4.79 Å². The Kier molecular flexibility index (Phi) is 5.36. The van der Waals surface area contributed by atoms with Gasteiger partial charge in [-0.05, 0) is 26.7 Å². The van der Waals surface area contributed by atoms with Gasteiger partial charge in [0.15, 0.2) is 0 Å². The molecule has 1 aromatic rings. The van der Waals surface area contributed by atoms with Crippen molar-refractivity contribution in [1.82, 2.24) is 20.4 Å². The molecule has 0 aliphatic carbocycles. The molecular formula is C15H27N5O. The molecule has 0 radical (unpaired) electrons. The van der Waals surface area contributed by atoms with Gasteiger partial charge in [0, 0.05) is 25.2 Å². The summed E-state index contributed by atoms with van der Waals surface area (Å²) in [4.78, 5) is 14.6. The number of nitrogens with one attached hydrogen (secondary N) is 3. The third-order valence-corrected chi connectivity index (χ3v) is 4.32. The minimum Gasteiger partial charge on any atom is -0.322 e. The zero-order chi connectivity index (χ0) is 15.4. The van der Waals surface area contributed by atoms with Gasteiger partial charge in [0.05, 0.1) is 23.6 Å². The molecule has 2 rings (SSSR count). The second-order valence-corrected chi connectivity index (χ2v) is 5.86. The first-order valence-corrected chi connectivity index (χ1v) is 7.83. The van der Waals surface area contributed by atoms with Gasteiger partial charge >= 0.3 is 0 Å². The Bertz CT molecular complexity index is 465. The van der Waals surface area contributed by atoms with E-state index in [9.17, 15) is 4.79 Å². The minimum atomic E-state index is 0.0396. The molecule has 2 unspecified atom stereocenters. The Balaban J connectivity index is 1.97. The number of carbonyl (C=O) groups is 1. The highest BCUT2D eigenvalue weighted by Crippen LogP contribution is 2.17. The van der Waals surface area contributed by atoms with Crippen LogP contribution in [0.3, 0.4) is 0 Å². The lowest BCUT2D eigenvalue weighted by Gasteiger charge is -2.39. The van der Waals surface area contributed by atoms with Crippen LogP contribution in [0.1, 0.15) is 38.1 Å². The van der Waals surface area contributed by atoms with E-state index < -0.39 is 0 Å². The average Bonchev–Trinajstić information content (AvgIpc) is 2.79. The van der Waals surface area contributed by atoms with Crippen molar-refractivity contribution in [1.29, 1.82) is 0 Å². The SMILES string of the molecule is CCC1CN(CC(=O)Nc2c(C)n[nH]c2C)C(CC)CN1. The molecule has 0 bridgehead atoms. The highest BCUT2D eigenvalue weighted by atomic mass is 16.2. The third kappa shape index (κ3) is 3.83. The van der Waals surface area contributed by atoms with Crippen molar-refractivity contribution in [2.75, 3.05) is 25.0 Å². The van der Waals surface area contributed by atoms with E-state index in [0.29, 0.717) is 18.6 Å². The molecule has 0 saturated carbocycles. The van der Waals surface area contributed by atoms with Crippen LogP contribution in [0.4, 0.5) is 5.69 Å². The number of anilines is 1. The van der Waals surface area contributed by atoms with E-state index in [1.807, 2.05) is 13.8 Å². The molecule has 1 aliphatic heterocycles. The number of rotatable bonds is 5. The van der Waals surface area contributed by atoms with Gasteiger partial charge in [0.25, 0.3) is 0 Å². The van der Waals surface area contributed by atoms with Crippen LogP contribution < -0.4 is 10.6 Å². The number of hydrogen-bond acceptors (Lipinski definition) is 4. The first-order valence-electron chi connectivity index (χ1n) is 7.83. The Morgan fingerprint density at radius 1 is 1.38 bits per heavy atom. The van der Waals surface area contributed by atoms with Gasteiger partial charge in [0.1, 0.15) is 0 Å². The van der Waals surface area contributed by atoms with Crippen LogP contribution in [-0.4, -0.2) is 52.7 Å². The first-order chi connectivity index (χ1) is 10.0. The van der Waals surface area contributed by atoms with E-state index in [-0.39, 0.29) is 5.91 Å². The monoisotopic (exact) mass is 293 g/mol. The molecule has 2 atom stereocenters. The molecule has 6 nitrogen and oxygen atoms in total. The van der Waals surface area contributed by atoms with Gasteiger partial charge in [-0.3, -0.25) is 14.8 Å². The van der Waals surface area contributed by atoms with Crippen LogP contribution in [0.15, 0.2) is 0 Å². The molecule has 1 fully saturated rings. The quantitative estimate of drug-likeness (QED) is 0.768. The molecule has 2 heterocycles. The van der Waals surface area contributed by atoms with E-state index in [1.165, 1.54) is 0 Å². The third-order valence-electron chi connectivity index (χ3n) is 4.32. The molecule has 0 spiro atoms.